The molecule has 178 valence electrons. The fourth-order valence-corrected chi connectivity index (χ4v) is 4.72. The Kier molecular flexibility index (Phi) is 5.75. The Labute approximate surface area is 214 Å². The number of ether oxygens (including phenoxy) is 1. The van der Waals surface area contributed by atoms with E-state index in [0.717, 1.165) is 39.4 Å². The Hall–Kier alpha value is -5.09. The van der Waals surface area contributed by atoms with Crippen molar-refractivity contribution in [3.63, 3.8) is 0 Å². The lowest BCUT2D eigenvalue weighted by atomic mass is 9.82. The highest BCUT2D eigenvalue weighted by Crippen LogP contribution is 2.43. The molecule has 1 unspecified atom stereocenters. The van der Waals surface area contributed by atoms with Crippen LogP contribution in [0.2, 0.25) is 0 Å². The zero-order valence-electron chi connectivity index (χ0n) is 20.1. The number of hydrogen-bond acceptors (Lipinski definition) is 7. The molecule has 2 aliphatic rings. The van der Waals surface area contributed by atoms with Gasteiger partial charge in [0.25, 0.3) is 0 Å². The van der Waals surface area contributed by atoms with E-state index in [0.29, 0.717) is 29.4 Å². The third-order valence-corrected chi connectivity index (χ3v) is 6.50. The van der Waals surface area contributed by atoms with Crippen LogP contribution in [0.25, 0.3) is 11.1 Å². The molecule has 2 aromatic heterocycles. The predicted molar refractivity (Wildman–Crippen MR) is 144 cm³/mol. The zero-order chi connectivity index (χ0) is 25.2. The molecule has 3 heterocycles. The number of nitrogens with zero attached hydrogens (tertiary/aromatic N) is 5. The number of aliphatic imine (C=N–C) groups is 1. The van der Waals surface area contributed by atoms with Crippen molar-refractivity contribution in [1.29, 1.82) is 5.26 Å². The van der Waals surface area contributed by atoms with E-state index in [1.807, 2.05) is 54.6 Å². The Morgan fingerprint density at radius 2 is 1.84 bits per heavy atom. The summed E-state index contributed by atoms with van der Waals surface area (Å²) in [5, 5.41) is 13.0. The number of anilines is 2. The standard InChI is InChI=1S/C30H22N6O/c1-37-27-18-33-29(36-30(27)34-23-10-12-32-13-11-23)22-15-21(14-19-6-2-3-7-20(19)17-31)28-25(16-22)24-8-4-5-9-26(24)35-28/h2-13,15-16,18,21H,14H2,1H3,(H,32,33,34,36). The minimum atomic E-state index is -0.0424. The third kappa shape index (κ3) is 4.26. The van der Waals surface area contributed by atoms with Crippen molar-refractivity contribution in [2.75, 3.05) is 12.4 Å². The van der Waals surface area contributed by atoms with Gasteiger partial charge in [-0.15, -0.1) is 0 Å². The smallest absolute Gasteiger partial charge is 0.179 e. The highest BCUT2D eigenvalue weighted by molar-refractivity contribution is 6.33. The first-order valence-corrected chi connectivity index (χ1v) is 11.9. The summed E-state index contributed by atoms with van der Waals surface area (Å²) >= 11 is 0. The first-order valence-electron chi connectivity index (χ1n) is 11.9. The van der Waals surface area contributed by atoms with Crippen molar-refractivity contribution in [2.24, 2.45) is 10.9 Å². The molecule has 0 spiro atoms. The second-order valence-electron chi connectivity index (χ2n) is 8.75. The van der Waals surface area contributed by atoms with Gasteiger partial charge in [-0.05, 0) is 42.3 Å². The molecule has 0 saturated carbocycles. The number of pyridine rings is 1. The number of nitrogens with one attached hydrogen (secondary N) is 1. The second-order valence-corrected chi connectivity index (χ2v) is 8.75. The van der Waals surface area contributed by atoms with Gasteiger partial charge in [0.1, 0.15) is 0 Å². The molecule has 1 atom stereocenters. The van der Waals surface area contributed by atoms with E-state index in [1.165, 1.54) is 0 Å². The van der Waals surface area contributed by atoms with E-state index in [2.05, 4.69) is 39.6 Å². The van der Waals surface area contributed by atoms with E-state index in [1.54, 1.807) is 25.7 Å². The average Bonchev–Trinajstić information content (AvgIpc) is 3.33. The van der Waals surface area contributed by atoms with Gasteiger partial charge in [0, 0.05) is 40.7 Å². The SMILES string of the molecule is COc1cnc(C2=CC(Cc3ccccc3C#N)C3=Nc4ccccc4C3=C2)nc1Nc1ccncc1. The highest BCUT2D eigenvalue weighted by atomic mass is 16.5. The number of hydrogen-bond donors (Lipinski definition) is 1. The Balaban J connectivity index is 1.44. The van der Waals surface area contributed by atoms with Gasteiger partial charge in [-0.3, -0.25) is 9.98 Å². The zero-order valence-corrected chi connectivity index (χ0v) is 20.1. The molecule has 4 aromatic rings. The van der Waals surface area contributed by atoms with Gasteiger partial charge in [0.15, 0.2) is 17.4 Å². The van der Waals surface area contributed by atoms with E-state index in [-0.39, 0.29) is 5.92 Å². The molecule has 1 aliphatic carbocycles. The van der Waals surface area contributed by atoms with Crippen LogP contribution in [0.4, 0.5) is 17.2 Å². The minimum absolute atomic E-state index is 0.0424. The normalized spacial score (nSPS) is 15.5. The molecule has 7 heteroatoms. The van der Waals surface area contributed by atoms with Crippen LogP contribution in [0.15, 0.2) is 96.4 Å². The minimum Gasteiger partial charge on any atom is -0.491 e. The van der Waals surface area contributed by atoms with Crippen LogP contribution in [-0.4, -0.2) is 27.8 Å². The summed E-state index contributed by atoms with van der Waals surface area (Å²) in [5.74, 6) is 1.64. The first kappa shape index (κ1) is 22.4. The van der Waals surface area contributed by atoms with E-state index in [9.17, 15) is 5.26 Å². The van der Waals surface area contributed by atoms with Crippen LogP contribution in [0.1, 0.15) is 22.5 Å². The van der Waals surface area contributed by atoms with Gasteiger partial charge in [0.2, 0.25) is 0 Å². The number of allylic oxidation sites excluding steroid dienone is 4. The predicted octanol–water partition coefficient (Wildman–Crippen LogP) is 5.92. The van der Waals surface area contributed by atoms with Crippen LogP contribution < -0.4 is 10.1 Å². The molecule has 0 bridgehead atoms. The third-order valence-electron chi connectivity index (χ3n) is 6.50. The molecular formula is C30H22N6O. The summed E-state index contributed by atoms with van der Waals surface area (Å²) in [6.07, 6.45) is 10.0. The maximum atomic E-state index is 9.66. The van der Waals surface area contributed by atoms with Gasteiger partial charge in [-0.2, -0.15) is 5.26 Å². The van der Waals surface area contributed by atoms with Crippen molar-refractivity contribution < 1.29 is 4.74 Å². The second kappa shape index (κ2) is 9.51. The lowest BCUT2D eigenvalue weighted by Crippen LogP contribution is -2.19. The summed E-state index contributed by atoms with van der Waals surface area (Å²) in [7, 11) is 1.60. The van der Waals surface area contributed by atoms with Crippen molar-refractivity contribution in [3.8, 4) is 11.8 Å². The number of methoxy groups -OCH3 is 1. The molecule has 0 saturated heterocycles. The summed E-state index contributed by atoms with van der Waals surface area (Å²) in [5.41, 5.74) is 7.51. The molecule has 0 amide bonds. The summed E-state index contributed by atoms with van der Waals surface area (Å²) in [6, 6.07) is 21.9. The van der Waals surface area contributed by atoms with Gasteiger partial charge in [-0.25, -0.2) is 9.97 Å². The molecule has 0 radical (unpaired) electrons. The van der Waals surface area contributed by atoms with Crippen molar-refractivity contribution >= 4 is 34.1 Å². The van der Waals surface area contributed by atoms with Crippen LogP contribution >= 0.6 is 0 Å². The summed E-state index contributed by atoms with van der Waals surface area (Å²) in [6.45, 7) is 0. The largest absolute Gasteiger partial charge is 0.491 e. The maximum Gasteiger partial charge on any atom is 0.179 e. The monoisotopic (exact) mass is 482 g/mol. The molecular weight excluding hydrogens is 460 g/mol. The number of nitriles is 1. The molecule has 6 rings (SSSR count). The quantitative estimate of drug-likeness (QED) is 0.366. The van der Waals surface area contributed by atoms with Crippen molar-refractivity contribution in [3.05, 3.63) is 114 Å². The topological polar surface area (TPSA) is 96.1 Å². The highest BCUT2D eigenvalue weighted by Gasteiger charge is 2.31. The van der Waals surface area contributed by atoms with Gasteiger partial charge >= 0.3 is 0 Å². The van der Waals surface area contributed by atoms with E-state index >= 15 is 0 Å². The summed E-state index contributed by atoms with van der Waals surface area (Å²) < 4.78 is 5.51. The van der Waals surface area contributed by atoms with Gasteiger partial charge < -0.3 is 10.1 Å². The maximum absolute atomic E-state index is 9.66. The van der Waals surface area contributed by atoms with Crippen molar-refractivity contribution in [2.45, 2.75) is 6.42 Å². The fraction of sp³-hybridized carbons (Fsp3) is 0.100. The number of fused-ring (bicyclic) bond motifs is 3. The lowest BCUT2D eigenvalue weighted by Gasteiger charge is -2.22. The molecule has 7 nitrogen and oxygen atoms in total. The number of benzene rings is 2. The van der Waals surface area contributed by atoms with Gasteiger partial charge in [0.05, 0.1) is 36.3 Å². The van der Waals surface area contributed by atoms with Crippen LogP contribution in [0.5, 0.6) is 5.75 Å². The number of rotatable bonds is 6. The van der Waals surface area contributed by atoms with E-state index < -0.39 is 0 Å². The van der Waals surface area contributed by atoms with Crippen molar-refractivity contribution in [1.82, 2.24) is 15.0 Å². The Morgan fingerprint density at radius 1 is 1.03 bits per heavy atom. The Morgan fingerprint density at radius 3 is 2.68 bits per heavy atom. The number of aromatic nitrogens is 3. The lowest BCUT2D eigenvalue weighted by molar-refractivity contribution is 0.413. The molecule has 0 fully saturated rings. The first-order chi connectivity index (χ1) is 18.2. The average molecular weight is 483 g/mol. The molecule has 2 aromatic carbocycles. The number of para-hydroxylation sites is 1. The van der Waals surface area contributed by atoms with E-state index in [4.69, 9.17) is 14.7 Å². The van der Waals surface area contributed by atoms with Crippen LogP contribution in [-0.2, 0) is 6.42 Å². The molecule has 37 heavy (non-hydrogen) atoms. The summed E-state index contributed by atoms with van der Waals surface area (Å²) in [4.78, 5) is 18.5. The van der Waals surface area contributed by atoms with Gasteiger partial charge in [-0.1, -0.05) is 42.5 Å². The Bertz CT molecular complexity index is 1630. The van der Waals surface area contributed by atoms with Crippen LogP contribution in [0, 0.1) is 17.2 Å². The molecule has 1 aliphatic heterocycles. The fourth-order valence-electron chi connectivity index (χ4n) is 4.72. The van der Waals surface area contributed by atoms with Crippen LogP contribution in [0.3, 0.4) is 0 Å². The molecule has 1 N–H and O–H groups in total.